The zero-order valence-electron chi connectivity index (χ0n) is 10.1. The molecule has 0 heterocycles. The number of halogens is 4. The van der Waals surface area contributed by atoms with E-state index in [1.807, 2.05) is 6.07 Å². The summed E-state index contributed by atoms with van der Waals surface area (Å²) in [4.78, 5) is 0. The van der Waals surface area contributed by atoms with E-state index in [9.17, 15) is 4.39 Å². The second kappa shape index (κ2) is 6.00. The molecule has 5 heteroatoms. The van der Waals surface area contributed by atoms with Gasteiger partial charge in [0.05, 0.1) is 20.8 Å². The average molecular weight is 319 g/mol. The van der Waals surface area contributed by atoms with Gasteiger partial charge in [0.15, 0.2) is 0 Å². The molecule has 0 fully saturated rings. The molecule has 0 amide bonds. The summed E-state index contributed by atoms with van der Waals surface area (Å²) in [6.07, 6.45) is 0. The van der Waals surface area contributed by atoms with Crippen LogP contribution in [-0.4, -0.2) is 0 Å². The van der Waals surface area contributed by atoms with Gasteiger partial charge in [0.2, 0.25) is 0 Å². The third-order valence-electron chi connectivity index (χ3n) is 2.73. The Hall–Kier alpha value is -0.960. The maximum atomic E-state index is 13.4. The number of anilines is 1. The molecule has 0 atom stereocenters. The molecule has 1 nitrogen and oxygen atoms in total. The van der Waals surface area contributed by atoms with Crippen LogP contribution in [0.3, 0.4) is 0 Å². The molecule has 0 unspecified atom stereocenters. The van der Waals surface area contributed by atoms with Crippen LogP contribution in [0.4, 0.5) is 10.1 Å². The van der Waals surface area contributed by atoms with Crippen LogP contribution in [0.2, 0.25) is 15.1 Å². The minimum atomic E-state index is -0.223. The summed E-state index contributed by atoms with van der Waals surface area (Å²) in [7, 11) is 0. The lowest BCUT2D eigenvalue weighted by Gasteiger charge is -2.10. The van der Waals surface area contributed by atoms with E-state index in [1.165, 1.54) is 6.07 Å². The van der Waals surface area contributed by atoms with Crippen molar-refractivity contribution in [2.75, 3.05) is 5.32 Å². The van der Waals surface area contributed by atoms with Crippen molar-refractivity contribution in [1.82, 2.24) is 0 Å². The smallest absolute Gasteiger partial charge is 0.126 e. The molecule has 0 bridgehead atoms. The summed E-state index contributed by atoms with van der Waals surface area (Å²) in [6, 6.07) is 8.31. The fraction of sp³-hybridized carbons (Fsp3) is 0.143. The Morgan fingerprint density at radius 3 is 2.37 bits per heavy atom. The molecule has 2 aromatic rings. The summed E-state index contributed by atoms with van der Waals surface area (Å²) in [5, 5.41) is 4.40. The number of rotatable bonds is 3. The predicted octanol–water partition coefficient (Wildman–Crippen LogP) is 5.71. The van der Waals surface area contributed by atoms with Crippen LogP contribution in [0.1, 0.15) is 11.1 Å². The van der Waals surface area contributed by atoms with Gasteiger partial charge in [-0.15, -0.1) is 0 Å². The molecule has 2 rings (SSSR count). The monoisotopic (exact) mass is 317 g/mol. The Morgan fingerprint density at radius 2 is 1.68 bits per heavy atom. The van der Waals surface area contributed by atoms with Gasteiger partial charge in [-0.3, -0.25) is 0 Å². The number of hydrogen-bond acceptors (Lipinski definition) is 1. The number of aryl methyl sites for hydroxylation is 1. The lowest BCUT2D eigenvalue weighted by atomic mass is 10.1. The molecule has 0 spiro atoms. The lowest BCUT2D eigenvalue weighted by molar-refractivity contribution is 0.616. The third-order valence-corrected chi connectivity index (χ3v) is 3.76. The van der Waals surface area contributed by atoms with Crippen LogP contribution in [0.25, 0.3) is 0 Å². The summed E-state index contributed by atoms with van der Waals surface area (Å²) < 4.78 is 13.4. The first-order valence-corrected chi connectivity index (χ1v) is 6.74. The van der Waals surface area contributed by atoms with Gasteiger partial charge >= 0.3 is 0 Å². The molecule has 0 aliphatic carbocycles. The van der Waals surface area contributed by atoms with Crippen LogP contribution < -0.4 is 5.32 Å². The third kappa shape index (κ3) is 3.53. The van der Waals surface area contributed by atoms with E-state index in [4.69, 9.17) is 34.8 Å². The largest absolute Gasteiger partial charge is 0.380 e. The standard InChI is InChI=1S/C14H11Cl3FN/c1-8-2-3-9(4-13(8)18)7-19-14-6-11(16)10(15)5-12(14)17/h2-6,19H,7H2,1H3. The van der Waals surface area contributed by atoms with Gasteiger partial charge in [0.25, 0.3) is 0 Å². The maximum Gasteiger partial charge on any atom is 0.126 e. The predicted molar refractivity (Wildman–Crippen MR) is 79.9 cm³/mol. The second-order valence-corrected chi connectivity index (χ2v) is 5.40. The summed E-state index contributed by atoms with van der Waals surface area (Å²) in [5.41, 5.74) is 2.11. The Kier molecular flexibility index (Phi) is 4.56. The molecule has 0 saturated heterocycles. The first-order chi connectivity index (χ1) is 8.97. The first-order valence-electron chi connectivity index (χ1n) is 5.61. The Labute approximate surface area is 126 Å². The fourth-order valence-corrected chi connectivity index (χ4v) is 2.22. The molecular formula is C14H11Cl3FN. The van der Waals surface area contributed by atoms with Gasteiger partial charge in [0.1, 0.15) is 5.82 Å². The van der Waals surface area contributed by atoms with Gasteiger partial charge in [-0.1, -0.05) is 46.9 Å². The topological polar surface area (TPSA) is 12.0 Å². The maximum absolute atomic E-state index is 13.4. The Morgan fingerprint density at radius 1 is 1.00 bits per heavy atom. The van der Waals surface area contributed by atoms with Gasteiger partial charge in [0, 0.05) is 6.54 Å². The fourth-order valence-electron chi connectivity index (χ4n) is 1.60. The molecule has 2 aromatic carbocycles. The van der Waals surface area contributed by atoms with E-state index in [0.717, 1.165) is 5.56 Å². The Balaban J connectivity index is 2.14. The zero-order chi connectivity index (χ0) is 14.0. The SMILES string of the molecule is Cc1ccc(CNc2cc(Cl)c(Cl)cc2Cl)cc1F. The van der Waals surface area contributed by atoms with Crippen molar-refractivity contribution in [2.45, 2.75) is 13.5 Å². The number of hydrogen-bond donors (Lipinski definition) is 1. The molecule has 0 radical (unpaired) electrons. The van der Waals surface area contributed by atoms with Crippen LogP contribution in [0.15, 0.2) is 30.3 Å². The van der Waals surface area contributed by atoms with Crippen molar-refractivity contribution in [2.24, 2.45) is 0 Å². The normalized spacial score (nSPS) is 10.6. The molecule has 0 aliphatic heterocycles. The van der Waals surface area contributed by atoms with Crippen molar-refractivity contribution in [3.8, 4) is 0 Å². The van der Waals surface area contributed by atoms with Crippen LogP contribution in [0, 0.1) is 12.7 Å². The van der Waals surface area contributed by atoms with Crippen molar-refractivity contribution in [3.63, 3.8) is 0 Å². The van der Waals surface area contributed by atoms with Crippen molar-refractivity contribution in [3.05, 3.63) is 62.3 Å². The molecular weight excluding hydrogens is 308 g/mol. The molecule has 100 valence electrons. The molecule has 0 aromatic heterocycles. The van der Waals surface area contributed by atoms with Gasteiger partial charge in [-0.05, 0) is 36.2 Å². The average Bonchev–Trinajstić information content (AvgIpc) is 2.36. The highest BCUT2D eigenvalue weighted by Gasteiger charge is 2.06. The quantitative estimate of drug-likeness (QED) is 0.715. The van der Waals surface area contributed by atoms with Crippen LogP contribution in [-0.2, 0) is 6.54 Å². The van der Waals surface area contributed by atoms with Crippen molar-refractivity contribution in [1.29, 1.82) is 0 Å². The van der Waals surface area contributed by atoms with Crippen LogP contribution >= 0.6 is 34.8 Å². The minimum absolute atomic E-state index is 0.223. The van der Waals surface area contributed by atoms with Gasteiger partial charge in [-0.2, -0.15) is 0 Å². The first kappa shape index (κ1) is 14.4. The molecule has 1 N–H and O–H groups in total. The van der Waals surface area contributed by atoms with E-state index in [0.29, 0.717) is 32.9 Å². The number of nitrogens with one attached hydrogen (secondary N) is 1. The van der Waals surface area contributed by atoms with Crippen molar-refractivity contribution >= 4 is 40.5 Å². The summed E-state index contributed by atoms with van der Waals surface area (Å²) in [6.45, 7) is 2.18. The molecule has 0 saturated carbocycles. The van der Waals surface area contributed by atoms with E-state index >= 15 is 0 Å². The van der Waals surface area contributed by atoms with Gasteiger partial charge in [-0.25, -0.2) is 4.39 Å². The van der Waals surface area contributed by atoms with E-state index in [1.54, 1.807) is 25.1 Å². The summed E-state index contributed by atoms with van der Waals surface area (Å²) >= 11 is 17.8. The summed E-state index contributed by atoms with van der Waals surface area (Å²) in [5.74, 6) is -0.223. The zero-order valence-corrected chi connectivity index (χ0v) is 12.4. The van der Waals surface area contributed by atoms with E-state index in [2.05, 4.69) is 5.32 Å². The highest BCUT2D eigenvalue weighted by Crippen LogP contribution is 2.32. The van der Waals surface area contributed by atoms with E-state index in [-0.39, 0.29) is 5.82 Å². The van der Waals surface area contributed by atoms with Gasteiger partial charge < -0.3 is 5.32 Å². The number of benzene rings is 2. The molecule has 0 aliphatic rings. The van der Waals surface area contributed by atoms with E-state index < -0.39 is 0 Å². The lowest BCUT2D eigenvalue weighted by Crippen LogP contribution is -2.01. The van der Waals surface area contributed by atoms with Crippen LogP contribution in [0.5, 0.6) is 0 Å². The Bertz CT molecular complexity index is 614. The highest BCUT2D eigenvalue weighted by atomic mass is 35.5. The van der Waals surface area contributed by atoms with Crippen molar-refractivity contribution < 1.29 is 4.39 Å². The molecule has 19 heavy (non-hydrogen) atoms. The minimum Gasteiger partial charge on any atom is -0.380 e. The second-order valence-electron chi connectivity index (χ2n) is 4.18. The highest BCUT2D eigenvalue weighted by molar-refractivity contribution is 6.44.